The first-order valence-corrected chi connectivity index (χ1v) is 14.0. The second kappa shape index (κ2) is 12.8. The van der Waals surface area contributed by atoms with Crippen LogP contribution < -0.4 is 16.4 Å². The van der Waals surface area contributed by atoms with E-state index in [4.69, 9.17) is 22.7 Å². The van der Waals surface area contributed by atoms with Crippen LogP contribution in [0.15, 0.2) is 4.99 Å². The number of aliphatic hydroxyl groups excluding tert-OH is 3. The van der Waals surface area contributed by atoms with Crippen molar-refractivity contribution in [2.75, 3.05) is 13.2 Å². The van der Waals surface area contributed by atoms with Crippen LogP contribution in [0.5, 0.6) is 0 Å². The summed E-state index contributed by atoms with van der Waals surface area (Å²) in [7, 11) is 0. The van der Waals surface area contributed by atoms with Gasteiger partial charge < -0.3 is 36.0 Å². The molecule has 2 saturated heterocycles. The third-order valence-electron chi connectivity index (χ3n) is 7.61. The fraction of sp³-hybridized carbons (Fsp3) is 0.750. The zero-order valence-electron chi connectivity index (χ0n) is 22.6. The minimum absolute atomic E-state index is 0.109. The van der Waals surface area contributed by atoms with E-state index < -0.39 is 77.3 Å². The van der Waals surface area contributed by atoms with E-state index in [0.717, 1.165) is 24.2 Å². The maximum absolute atomic E-state index is 13.3. The van der Waals surface area contributed by atoms with E-state index in [-0.39, 0.29) is 11.5 Å². The molecule has 0 aliphatic carbocycles. The number of nitrogens with one attached hydrogen (secondary N) is 2. The number of hydrogen-bond acceptors (Lipinski definition) is 13. The van der Waals surface area contributed by atoms with Gasteiger partial charge in [0.1, 0.15) is 23.3 Å². The lowest BCUT2D eigenvalue weighted by molar-refractivity contribution is -0.173. The molecule has 3 aliphatic heterocycles. The zero-order chi connectivity index (χ0) is 30.0. The van der Waals surface area contributed by atoms with Crippen LogP contribution >= 0.6 is 24.8 Å². The molecule has 2 amide bonds. The van der Waals surface area contributed by atoms with E-state index in [0.29, 0.717) is 12.8 Å². The molecule has 0 radical (unpaired) electrons. The standard InChI is InChI=1S/C24H38N6O8S2/c1-12(32)23-21(40)28-24(13(2)33,26-9-7-5-4-6-8-16(39)19(25)37)30(14(3)34)22(23)29(11-27-23)20-18(36)17(35)15(10-31)38-20/h11,15-18,20,22,26,31,35-36,39H,4-10H2,1-3H3,(H2,25,37)(H,28,40)/t15-,16?,17-,18-,20-,22?,23?,24?/m1/s1. The minimum atomic E-state index is -1.86. The molecular formula is C24H38N6O8S2. The van der Waals surface area contributed by atoms with Crippen molar-refractivity contribution < 1.29 is 39.2 Å². The molecule has 4 unspecified atom stereocenters. The molecule has 3 rings (SSSR count). The number of hydrogen-bond donors (Lipinski definition) is 7. The Bertz CT molecular complexity index is 1060. The quantitative estimate of drug-likeness (QED) is 0.0679. The summed E-state index contributed by atoms with van der Waals surface area (Å²) < 4.78 is 5.68. The van der Waals surface area contributed by atoms with Crippen molar-refractivity contribution in [2.45, 2.75) is 100 Å². The summed E-state index contributed by atoms with van der Waals surface area (Å²) in [6, 6.07) is 0. The Morgan fingerprint density at radius 1 is 1.18 bits per heavy atom. The SMILES string of the molecule is CC(=O)N1C2N([C@@H]3O[C@H](CO)[C@@H](O)[C@H]3O)C=NC2(C(C)=O)C(=S)NC1(NCCCCCCC(S)C(N)=O)C(C)=O. The van der Waals surface area contributed by atoms with E-state index in [2.05, 4.69) is 28.3 Å². The van der Waals surface area contributed by atoms with Gasteiger partial charge in [0, 0.05) is 13.8 Å². The van der Waals surface area contributed by atoms with Gasteiger partial charge in [0.05, 0.1) is 18.2 Å². The highest BCUT2D eigenvalue weighted by Crippen LogP contribution is 2.41. The maximum atomic E-state index is 13.3. The Kier molecular flexibility index (Phi) is 10.3. The second-order valence-corrected chi connectivity index (χ2v) is 11.3. The highest BCUT2D eigenvalue weighted by Gasteiger charge is 2.68. The Hall–Kier alpha value is -2.21. The number of carbonyl (C=O) groups excluding carboxylic acids is 4. The lowest BCUT2D eigenvalue weighted by Gasteiger charge is -2.56. The number of ether oxygens (including phenoxy) is 1. The number of rotatable bonds is 13. The Balaban J connectivity index is 1.89. The highest BCUT2D eigenvalue weighted by atomic mass is 32.1. The predicted molar refractivity (Wildman–Crippen MR) is 150 cm³/mol. The first-order valence-electron chi connectivity index (χ1n) is 13.1. The van der Waals surface area contributed by atoms with Gasteiger partial charge in [0.25, 0.3) is 0 Å². The van der Waals surface area contributed by atoms with Crippen LogP contribution in [-0.4, -0.2) is 120 Å². The van der Waals surface area contributed by atoms with Crippen molar-refractivity contribution in [1.29, 1.82) is 0 Å². The van der Waals surface area contributed by atoms with Crippen LogP contribution in [-0.2, 0) is 23.9 Å². The van der Waals surface area contributed by atoms with Crippen molar-refractivity contribution in [1.82, 2.24) is 20.4 Å². The molecule has 16 heteroatoms. The van der Waals surface area contributed by atoms with Gasteiger partial charge in [-0.3, -0.25) is 29.4 Å². The van der Waals surface area contributed by atoms with Gasteiger partial charge in [0.15, 0.2) is 24.0 Å². The fourth-order valence-electron chi connectivity index (χ4n) is 5.41. The van der Waals surface area contributed by atoms with Gasteiger partial charge in [-0.05, 0) is 26.3 Å². The van der Waals surface area contributed by atoms with Crippen molar-refractivity contribution in [3.05, 3.63) is 0 Å². The Morgan fingerprint density at radius 3 is 2.35 bits per heavy atom. The molecule has 0 spiro atoms. The molecule has 0 aromatic carbocycles. The van der Waals surface area contributed by atoms with Gasteiger partial charge >= 0.3 is 0 Å². The monoisotopic (exact) mass is 602 g/mol. The zero-order valence-corrected chi connectivity index (χ0v) is 24.4. The molecule has 0 bridgehead atoms. The lowest BCUT2D eigenvalue weighted by atomic mass is 9.85. The normalized spacial score (nSPS) is 34.0. The van der Waals surface area contributed by atoms with Crippen molar-refractivity contribution in [2.24, 2.45) is 10.7 Å². The largest absolute Gasteiger partial charge is 0.394 e. The third kappa shape index (κ3) is 5.62. The second-order valence-electron chi connectivity index (χ2n) is 10.3. The average molecular weight is 603 g/mol. The van der Waals surface area contributed by atoms with Crippen molar-refractivity contribution in [3.8, 4) is 0 Å². The molecular weight excluding hydrogens is 564 g/mol. The minimum Gasteiger partial charge on any atom is -0.394 e. The smallest absolute Gasteiger partial charge is 0.232 e. The molecule has 3 aliphatic rings. The van der Waals surface area contributed by atoms with Crippen LogP contribution in [0.3, 0.4) is 0 Å². The number of nitrogens with two attached hydrogens (primary N) is 1. The van der Waals surface area contributed by atoms with E-state index in [9.17, 15) is 34.5 Å². The molecule has 2 fully saturated rings. The van der Waals surface area contributed by atoms with Gasteiger partial charge in [-0.2, -0.15) is 12.6 Å². The summed E-state index contributed by atoms with van der Waals surface area (Å²) in [5.74, 6) is -3.99. The summed E-state index contributed by atoms with van der Waals surface area (Å²) in [6.45, 7) is 3.42. The first-order chi connectivity index (χ1) is 18.8. The number of unbranched alkanes of at least 4 members (excludes halogenated alkanes) is 3. The molecule has 7 N–H and O–H groups in total. The number of thiocarbonyl (C=S) groups is 1. The predicted octanol–water partition coefficient (Wildman–Crippen LogP) is -2.23. The van der Waals surface area contributed by atoms with E-state index in [1.165, 1.54) is 32.0 Å². The van der Waals surface area contributed by atoms with Crippen molar-refractivity contribution >= 4 is 59.6 Å². The molecule has 3 heterocycles. The molecule has 0 aromatic heterocycles. The number of aliphatic imine (C=N–C) groups is 1. The number of fused-ring (bicyclic) bond motifs is 1. The molecule has 8 atom stereocenters. The summed E-state index contributed by atoms with van der Waals surface area (Å²) in [5.41, 5.74) is 3.41. The Morgan fingerprint density at radius 2 is 1.82 bits per heavy atom. The number of carbonyl (C=O) groups is 4. The van der Waals surface area contributed by atoms with Gasteiger partial charge in [-0.15, -0.1) is 0 Å². The van der Waals surface area contributed by atoms with Crippen molar-refractivity contribution in [3.63, 3.8) is 0 Å². The molecule has 0 saturated carbocycles. The number of Topliss-reactive ketones (excluding diaryl/α,β-unsaturated/α-hetero) is 2. The van der Waals surface area contributed by atoms with Gasteiger partial charge in [-0.1, -0.05) is 31.5 Å². The number of nitrogens with zero attached hydrogens (tertiary/aromatic N) is 3. The summed E-state index contributed by atoms with van der Waals surface area (Å²) in [6.07, 6.45) is -2.16. The van der Waals surface area contributed by atoms with Crippen LogP contribution in [0.4, 0.5) is 0 Å². The van der Waals surface area contributed by atoms with Gasteiger partial charge in [0.2, 0.25) is 23.1 Å². The topological polar surface area (TPSA) is 207 Å². The number of ketones is 2. The highest BCUT2D eigenvalue weighted by molar-refractivity contribution is 7.81. The molecule has 0 aromatic rings. The number of thiol groups is 1. The van der Waals surface area contributed by atoms with Gasteiger partial charge in [-0.25, -0.2) is 4.99 Å². The van der Waals surface area contributed by atoms with E-state index in [1.807, 2.05) is 0 Å². The van der Waals surface area contributed by atoms with Crippen LogP contribution in [0, 0.1) is 0 Å². The van der Waals surface area contributed by atoms with Crippen LogP contribution in [0.2, 0.25) is 0 Å². The third-order valence-corrected chi connectivity index (χ3v) is 8.53. The van der Waals surface area contributed by atoms with E-state index >= 15 is 0 Å². The number of primary amides is 1. The molecule has 14 nitrogen and oxygen atoms in total. The summed E-state index contributed by atoms with van der Waals surface area (Å²) in [4.78, 5) is 57.4. The van der Waals surface area contributed by atoms with Crippen LogP contribution in [0.25, 0.3) is 0 Å². The number of amides is 2. The average Bonchev–Trinajstić information content (AvgIpc) is 3.41. The first kappa shape index (κ1) is 32.3. The van der Waals surface area contributed by atoms with E-state index in [1.54, 1.807) is 0 Å². The number of aliphatic hydroxyl groups is 3. The maximum Gasteiger partial charge on any atom is 0.232 e. The lowest BCUT2D eigenvalue weighted by Crippen LogP contribution is -2.86. The summed E-state index contributed by atoms with van der Waals surface area (Å²) in [5, 5.41) is 36.2. The molecule has 40 heavy (non-hydrogen) atoms. The fourth-order valence-corrected chi connectivity index (χ4v) is 6.05. The molecule has 224 valence electrons. The van der Waals surface area contributed by atoms with Crippen LogP contribution in [0.1, 0.15) is 52.9 Å². The summed E-state index contributed by atoms with van der Waals surface area (Å²) >= 11 is 9.76. The Labute approximate surface area is 243 Å².